The third kappa shape index (κ3) is 6.35. The van der Waals surface area contributed by atoms with Gasteiger partial charge in [0.25, 0.3) is 0 Å². The second kappa shape index (κ2) is 7.21. The van der Waals surface area contributed by atoms with Crippen molar-refractivity contribution in [3.05, 3.63) is 0 Å². The van der Waals surface area contributed by atoms with Crippen molar-refractivity contribution in [2.45, 2.75) is 26.8 Å². The maximum atomic E-state index is 5.71. The van der Waals surface area contributed by atoms with E-state index in [1.165, 1.54) is 0 Å². The summed E-state index contributed by atoms with van der Waals surface area (Å²) in [6.07, 6.45) is 0. The van der Waals surface area contributed by atoms with Crippen LogP contribution in [0.1, 0.15) is 20.8 Å². The fourth-order valence-corrected chi connectivity index (χ4v) is 1.56. The molecule has 0 aromatic rings. The first-order valence-corrected chi connectivity index (χ1v) is 5.55. The fraction of sp³-hybridized carbons (Fsp3) is 1.00. The molecule has 2 atom stereocenters. The maximum Gasteiger partial charge on any atom is 0.0166 e. The van der Waals surface area contributed by atoms with E-state index in [1.807, 2.05) is 0 Å². The van der Waals surface area contributed by atoms with Crippen molar-refractivity contribution >= 4 is 0 Å². The Morgan fingerprint density at radius 2 is 1.79 bits per heavy atom. The van der Waals surface area contributed by atoms with Gasteiger partial charge in [-0.15, -0.1) is 0 Å². The molecule has 86 valence electrons. The number of rotatable bonds is 7. The zero-order chi connectivity index (χ0) is 11.1. The van der Waals surface area contributed by atoms with Gasteiger partial charge in [-0.25, -0.2) is 0 Å². The molecule has 0 saturated carbocycles. The van der Waals surface area contributed by atoms with E-state index in [2.05, 4.69) is 45.1 Å². The monoisotopic (exact) mass is 201 g/mol. The Bertz CT molecular complexity index is 134. The molecule has 0 bridgehead atoms. The highest BCUT2D eigenvalue weighted by atomic mass is 15.1. The van der Waals surface area contributed by atoms with Gasteiger partial charge in [-0.05, 0) is 45.9 Å². The lowest BCUT2D eigenvalue weighted by molar-refractivity contribution is 0.311. The molecule has 0 spiro atoms. The minimum Gasteiger partial charge on any atom is -0.330 e. The van der Waals surface area contributed by atoms with Crippen LogP contribution in [0.5, 0.6) is 0 Å². The van der Waals surface area contributed by atoms with Crippen molar-refractivity contribution in [2.75, 3.05) is 33.7 Å². The molecular formula is C11H27N3. The molecule has 0 aromatic heterocycles. The van der Waals surface area contributed by atoms with E-state index < -0.39 is 0 Å². The molecular weight excluding hydrogens is 174 g/mol. The lowest BCUT2D eigenvalue weighted by Gasteiger charge is -2.24. The average molecular weight is 201 g/mol. The second-order valence-electron chi connectivity index (χ2n) is 4.81. The topological polar surface area (TPSA) is 41.3 Å². The number of hydrogen-bond donors (Lipinski definition) is 2. The molecule has 0 amide bonds. The lowest BCUT2D eigenvalue weighted by atomic mass is 9.96. The SMILES string of the molecule is CC(CN(C)C)NCC(CN)C(C)C. The molecule has 0 aliphatic rings. The quantitative estimate of drug-likeness (QED) is 0.639. The number of nitrogens with zero attached hydrogens (tertiary/aromatic N) is 1. The van der Waals surface area contributed by atoms with Gasteiger partial charge in [0.15, 0.2) is 0 Å². The normalized spacial score (nSPS) is 16.3. The standard InChI is InChI=1S/C11H27N3/c1-9(2)11(6-12)7-13-10(3)8-14(4)5/h9-11,13H,6-8,12H2,1-5H3. The summed E-state index contributed by atoms with van der Waals surface area (Å²) in [6.45, 7) is 9.57. The van der Waals surface area contributed by atoms with Crippen molar-refractivity contribution in [1.82, 2.24) is 10.2 Å². The molecule has 14 heavy (non-hydrogen) atoms. The molecule has 0 aliphatic heterocycles. The van der Waals surface area contributed by atoms with E-state index in [-0.39, 0.29) is 0 Å². The smallest absolute Gasteiger partial charge is 0.0166 e. The Morgan fingerprint density at radius 1 is 1.21 bits per heavy atom. The zero-order valence-electron chi connectivity index (χ0n) is 10.4. The van der Waals surface area contributed by atoms with Crippen LogP contribution < -0.4 is 11.1 Å². The molecule has 0 heterocycles. The summed E-state index contributed by atoms with van der Waals surface area (Å²) < 4.78 is 0. The van der Waals surface area contributed by atoms with E-state index in [1.54, 1.807) is 0 Å². The van der Waals surface area contributed by atoms with Crippen LogP contribution in [0.2, 0.25) is 0 Å². The van der Waals surface area contributed by atoms with Crippen molar-refractivity contribution in [3.8, 4) is 0 Å². The molecule has 3 N–H and O–H groups in total. The van der Waals surface area contributed by atoms with E-state index in [9.17, 15) is 0 Å². The maximum absolute atomic E-state index is 5.71. The number of hydrogen-bond acceptors (Lipinski definition) is 3. The third-order valence-electron chi connectivity index (χ3n) is 2.61. The summed E-state index contributed by atoms with van der Waals surface area (Å²) in [6, 6.07) is 0.540. The minimum absolute atomic E-state index is 0.540. The summed E-state index contributed by atoms with van der Waals surface area (Å²) >= 11 is 0. The Balaban J connectivity index is 3.68. The average Bonchev–Trinajstić information content (AvgIpc) is 2.03. The van der Waals surface area contributed by atoms with Crippen molar-refractivity contribution in [1.29, 1.82) is 0 Å². The summed E-state index contributed by atoms with van der Waals surface area (Å²) in [7, 11) is 4.20. The Labute approximate surface area is 89.0 Å². The van der Waals surface area contributed by atoms with Gasteiger partial charge >= 0.3 is 0 Å². The molecule has 0 fully saturated rings. The number of likely N-dealkylation sites (N-methyl/N-ethyl adjacent to an activating group) is 1. The van der Waals surface area contributed by atoms with Gasteiger partial charge in [0.1, 0.15) is 0 Å². The van der Waals surface area contributed by atoms with Crippen molar-refractivity contribution in [3.63, 3.8) is 0 Å². The largest absolute Gasteiger partial charge is 0.330 e. The fourth-order valence-electron chi connectivity index (χ4n) is 1.56. The Kier molecular flexibility index (Phi) is 7.15. The van der Waals surface area contributed by atoms with Crippen LogP contribution >= 0.6 is 0 Å². The third-order valence-corrected chi connectivity index (χ3v) is 2.61. The number of nitrogens with one attached hydrogen (secondary N) is 1. The molecule has 0 rings (SSSR count). The highest BCUT2D eigenvalue weighted by Crippen LogP contribution is 2.07. The van der Waals surface area contributed by atoms with Gasteiger partial charge in [0.05, 0.1) is 0 Å². The van der Waals surface area contributed by atoms with Crippen LogP contribution in [0.3, 0.4) is 0 Å². The van der Waals surface area contributed by atoms with Gasteiger partial charge in [0, 0.05) is 12.6 Å². The summed E-state index contributed by atoms with van der Waals surface area (Å²) in [5.41, 5.74) is 5.71. The van der Waals surface area contributed by atoms with E-state index in [4.69, 9.17) is 5.73 Å². The summed E-state index contributed by atoms with van der Waals surface area (Å²) in [4.78, 5) is 2.20. The first-order chi connectivity index (χ1) is 6.47. The van der Waals surface area contributed by atoms with Crippen LogP contribution in [-0.4, -0.2) is 44.7 Å². The first-order valence-electron chi connectivity index (χ1n) is 5.55. The first kappa shape index (κ1) is 13.9. The second-order valence-corrected chi connectivity index (χ2v) is 4.81. The molecule has 0 aromatic carbocycles. The Morgan fingerprint density at radius 3 is 2.14 bits per heavy atom. The lowest BCUT2D eigenvalue weighted by Crippen LogP contribution is -2.41. The molecule has 0 saturated heterocycles. The highest BCUT2D eigenvalue weighted by Gasteiger charge is 2.12. The van der Waals surface area contributed by atoms with E-state index >= 15 is 0 Å². The Hall–Kier alpha value is -0.120. The van der Waals surface area contributed by atoms with Crippen LogP contribution in [0, 0.1) is 11.8 Å². The van der Waals surface area contributed by atoms with Gasteiger partial charge in [0.2, 0.25) is 0 Å². The van der Waals surface area contributed by atoms with Crippen LogP contribution in [0.15, 0.2) is 0 Å². The predicted octanol–water partition coefficient (Wildman–Crippen LogP) is 0.757. The van der Waals surface area contributed by atoms with Gasteiger partial charge < -0.3 is 16.0 Å². The zero-order valence-corrected chi connectivity index (χ0v) is 10.4. The molecule has 0 aliphatic carbocycles. The van der Waals surface area contributed by atoms with Crippen molar-refractivity contribution < 1.29 is 0 Å². The van der Waals surface area contributed by atoms with Crippen LogP contribution in [-0.2, 0) is 0 Å². The highest BCUT2D eigenvalue weighted by molar-refractivity contribution is 4.70. The van der Waals surface area contributed by atoms with Crippen molar-refractivity contribution in [2.24, 2.45) is 17.6 Å². The number of nitrogens with two attached hydrogens (primary N) is 1. The van der Waals surface area contributed by atoms with E-state index in [0.717, 1.165) is 19.6 Å². The van der Waals surface area contributed by atoms with Gasteiger partial charge in [-0.1, -0.05) is 13.8 Å². The van der Waals surface area contributed by atoms with Crippen LogP contribution in [0.4, 0.5) is 0 Å². The minimum atomic E-state index is 0.540. The molecule has 3 heteroatoms. The molecule has 0 radical (unpaired) electrons. The predicted molar refractivity (Wildman–Crippen MR) is 63.4 cm³/mol. The summed E-state index contributed by atoms with van der Waals surface area (Å²) in [5.74, 6) is 1.26. The molecule has 2 unspecified atom stereocenters. The van der Waals surface area contributed by atoms with Gasteiger partial charge in [-0.2, -0.15) is 0 Å². The molecule has 3 nitrogen and oxygen atoms in total. The van der Waals surface area contributed by atoms with Crippen LogP contribution in [0.25, 0.3) is 0 Å². The van der Waals surface area contributed by atoms with Gasteiger partial charge in [-0.3, -0.25) is 0 Å². The van der Waals surface area contributed by atoms with E-state index in [0.29, 0.717) is 17.9 Å². The summed E-state index contributed by atoms with van der Waals surface area (Å²) in [5, 5.41) is 3.52.